The van der Waals surface area contributed by atoms with E-state index in [-0.39, 0.29) is 16.8 Å². The van der Waals surface area contributed by atoms with Crippen molar-refractivity contribution in [3.05, 3.63) is 24.3 Å². The van der Waals surface area contributed by atoms with E-state index in [1.54, 1.807) is 12.1 Å². The summed E-state index contributed by atoms with van der Waals surface area (Å²) < 4.78 is 26.7. The Morgan fingerprint density at radius 1 is 1.20 bits per heavy atom. The van der Waals surface area contributed by atoms with Gasteiger partial charge in [0.1, 0.15) is 0 Å². The summed E-state index contributed by atoms with van der Waals surface area (Å²) in [4.78, 5) is 11.6. The van der Waals surface area contributed by atoms with Crippen molar-refractivity contribution in [1.29, 1.82) is 0 Å². The van der Waals surface area contributed by atoms with Gasteiger partial charge in [0.05, 0.1) is 4.90 Å². The van der Waals surface area contributed by atoms with E-state index in [4.69, 9.17) is 0 Å². The lowest BCUT2D eigenvalue weighted by atomic mass is 10.3. The molecular formula is C14H22N2O3S. The van der Waals surface area contributed by atoms with Gasteiger partial charge in [-0.2, -0.15) is 0 Å². The number of carbonyl (C=O) groups excluding carboxylic acids is 1. The summed E-state index contributed by atoms with van der Waals surface area (Å²) >= 11 is 0. The zero-order chi connectivity index (χ0) is 15.2. The van der Waals surface area contributed by atoms with Gasteiger partial charge >= 0.3 is 0 Å². The maximum atomic E-state index is 12.0. The van der Waals surface area contributed by atoms with Crippen LogP contribution in [0.5, 0.6) is 0 Å². The number of anilines is 1. The highest BCUT2D eigenvalue weighted by atomic mass is 32.2. The van der Waals surface area contributed by atoms with Crippen molar-refractivity contribution in [2.75, 3.05) is 5.32 Å². The average Bonchev–Trinajstić information content (AvgIpc) is 2.39. The summed E-state index contributed by atoms with van der Waals surface area (Å²) in [6.45, 7) is 5.66. The number of carbonyl (C=O) groups is 1. The molecule has 1 unspecified atom stereocenters. The molecule has 6 heteroatoms. The van der Waals surface area contributed by atoms with E-state index < -0.39 is 10.0 Å². The van der Waals surface area contributed by atoms with Crippen LogP contribution in [0, 0.1) is 0 Å². The molecule has 0 aromatic heterocycles. The van der Waals surface area contributed by atoms with Gasteiger partial charge in [0.25, 0.3) is 0 Å². The molecule has 0 heterocycles. The van der Waals surface area contributed by atoms with E-state index in [9.17, 15) is 13.2 Å². The smallest absolute Gasteiger partial charge is 0.240 e. The fraction of sp³-hybridized carbons (Fsp3) is 0.500. The second kappa shape index (κ2) is 7.40. The predicted molar refractivity (Wildman–Crippen MR) is 80.1 cm³/mol. The molecule has 0 bridgehead atoms. The molecule has 0 aliphatic heterocycles. The Hall–Kier alpha value is -1.40. The second-order valence-electron chi connectivity index (χ2n) is 4.75. The molecule has 20 heavy (non-hydrogen) atoms. The molecule has 1 aromatic carbocycles. The Kier molecular flexibility index (Phi) is 6.16. The maximum absolute atomic E-state index is 12.0. The molecule has 0 radical (unpaired) electrons. The van der Waals surface area contributed by atoms with Crippen LogP contribution in [-0.4, -0.2) is 20.4 Å². The summed E-state index contributed by atoms with van der Waals surface area (Å²) in [5.41, 5.74) is 0.603. The Labute approximate surface area is 120 Å². The Morgan fingerprint density at radius 2 is 1.80 bits per heavy atom. The summed E-state index contributed by atoms with van der Waals surface area (Å²) in [5.74, 6) is -0.0687. The molecule has 0 aliphatic rings. The Balaban J connectivity index is 2.78. The van der Waals surface area contributed by atoms with Gasteiger partial charge in [0.15, 0.2) is 0 Å². The quantitative estimate of drug-likeness (QED) is 0.812. The molecule has 0 fully saturated rings. The minimum Gasteiger partial charge on any atom is -0.326 e. The van der Waals surface area contributed by atoms with Crippen molar-refractivity contribution >= 4 is 21.6 Å². The minimum atomic E-state index is -3.49. The topological polar surface area (TPSA) is 75.3 Å². The molecule has 0 aliphatic carbocycles. The van der Waals surface area contributed by atoms with Gasteiger partial charge in [-0.3, -0.25) is 4.79 Å². The number of amides is 1. The monoisotopic (exact) mass is 298 g/mol. The molecule has 112 valence electrons. The van der Waals surface area contributed by atoms with Crippen molar-refractivity contribution in [2.45, 2.75) is 51.0 Å². The summed E-state index contributed by atoms with van der Waals surface area (Å²) in [5, 5.41) is 2.72. The van der Waals surface area contributed by atoms with E-state index in [2.05, 4.69) is 10.0 Å². The van der Waals surface area contributed by atoms with Crippen LogP contribution in [0.1, 0.15) is 40.0 Å². The first-order valence-electron chi connectivity index (χ1n) is 6.81. The molecule has 0 saturated heterocycles. The first kappa shape index (κ1) is 16.7. The van der Waals surface area contributed by atoms with Crippen molar-refractivity contribution in [2.24, 2.45) is 0 Å². The highest BCUT2D eigenvalue weighted by Crippen LogP contribution is 2.15. The zero-order valence-corrected chi connectivity index (χ0v) is 13.0. The van der Waals surface area contributed by atoms with E-state index in [0.717, 1.165) is 12.8 Å². The van der Waals surface area contributed by atoms with Gasteiger partial charge in [-0.25, -0.2) is 13.1 Å². The molecule has 1 rings (SSSR count). The average molecular weight is 298 g/mol. The fourth-order valence-corrected chi connectivity index (χ4v) is 2.91. The molecule has 0 spiro atoms. The fourth-order valence-electron chi connectivity index (χ4n) is 1.58. The lowest BCUT2D eigenvalue weighted by Crippen LogP contribution is -2.31. The van der Waals surface area contributed by atoms with Crippen LogP contribution in [0.25, 0.3) is 0 Å². The second-order valence-corrected chi connectivity index (χ2v) is 6.47. The number of nitrogens with one attached hydrogen (secondary N) is 2. The van der Waals surface area contributed by atoms with Crippen LogP contribution in [0.2, 0.25) is 0 Å². The highest BCUT2D eigenvalue weighted by Gasteiger charge is 2.16. The van der Waals surface area contributed by atoms with Crippen LogP contribution in [0.4, 0.5) is 5.69 Å². The Bertz CT molecular complexity index is 538. The third kappa shape index (κ3) is 4.94. The van der Waals surface area contributed by atoms with Gasteiger partial charge in [-0.1, -0.05) is 13.8 Å². The van der Waals surface area contributed by atoms with Gasteiger partial charge in [0, 0.05) is 18.2 Å². The van der Waals surface area contributed by atoms with Crippen LogP contribution < -0.4 is 10.0 Å². The molecule has 1 amide bonds. The lowest BCUT2D eigenvalue weighted by molar-refractivity contribution is -0.116. The van der Waals surface area contributed by atoms with Gasteiger partial charge in [-0.05, 0) is 44.0 Å². The van der Waals surface area contributed by atoms with Crippen molar-refractivity contribution in [3.63, 3.8) is 0 Å². The van der Waals surface area contributed by atoms with Crippen LogP contribution in [-0.2, 0) is 14.8 Å². The first-order chi connectivity index (χ1) is 9.39. The van der Waals surface area contributed by atoms with Crippen molar-refractivity contribution in [3.8, 4) is 0 Å². The van der Waals surface area contributed by atoms with E-state index in [0.29, 0.717) is 12.1 Å². The molecule has 0 saturated carbocycles. The van der Waals surface area contributed by atoms with Crippen LogP contribution in [0.3, 0.4) is 0 Å². The van der Waals surface area contributed by atoms with Gasteiger partial charge in [-0.15, -0.1) is 0 Å². The third-order valence-corrected chi connectivity index (χ3v) is 4.50. The number of rotatable bonds is 7. The standard InChI is InChI=1S/C14H22N2O3S/c1-4-6-14(17)15-12-7-9-13(10-8-12)20(18,19)16-11(3)5-2/h7-11,16H,4-6H2,1-3H3,(H,15,17). The molecule has 1 aromatic rings. The first-order valence-corrected chi connectivity index (χ1v) is 8.29. The predicted octanol–water partition coefficient (Wildman–Crippen LogP) is 2.50. The SMILES string of the molecule is CCCC(=O)Nc1ccc(S(=O)(=O)NC(C)CC)cc1. The zero-order valence-electron chi connectivity index (χ0n) is 12.1. The van der Waals surface area contributed by atoms with E-state index in [1.807, 2.05) is 20.8 Å². The highest BCUT2D eigenvalue weighted by molar-refractivity contribution is 7.89. The number of sulfonamides is 1. The van der Waals surface area contributed by atoms with Crippen molar-refractivity contribution in [1.82, 2.24) is 4.72 Å². The molecule has 1 atom stereocenters. The van der Waals surface area contributed by atoms with E-state index >= 15 is 0 Å². The van der Waals surface area contributed by atoms with Crippen LogP contribution >= 0.6 is 0 Å². The Morgan fingerprint density at radius 3 is 2.30 bits per heavy atom. The molecule has 5 nitrogen and oxygen atoms in total. The number of benzene rings is 1. The maximum Gasteiger partial charge on any atom is 0.240 e. The van der Waals surface area contributed by atoms with Crippen molar-refractivity contribution < 1.29 is 13.2 Å². The normalized spacial score (nSPS) is 12.9. The summed E-state index contributed by atoms with van der Waals surface area (Å²) in [6, 6.07) is 6.07. The number of hydrogen-bond donors (Lipinski definition) is 2. The third-order valence-electron chi connectivity index (χ3n) is 2.89. The number of hydrogen-bond acceptors (Lipinski definition) is 3. The summed E-state index contributed by atoms with van der Waals surface area (Å²) in [6.07, 6.45) is 1.96. The summed E-state index contributed by atoms with van der Waals surface area (Å²) in [7, 11) is -3.49. The minimum absolute atomic E-state index is 0.0687. The van der Waals surface area contributed by atoms with Gasteiger partial charge in [0.2, 0.25) is 15.9 Å². The van der Waals surface area contributed by atoms with Gasteiger partial charge < -0.3 is 5.32 Å². The van der Waals surface area contributed by atoms with E-state index in [1.165, 1.54) is 12.1 Å². The lowest BCUT2D eigenvalue weighted by Gasteiger charge is -2.12. The van der Waals surface area contributed by atoms with Crippen LogP contribution in [0.15, 0.2) is 29.2 Å². The molecule has 2 N–H and O–H groups in total. The largest absolute Gasteiger partial charge is 0.326 e. The molecular weight excluding hydrogens is 276 g/mol.